The van der Waals surface area contributed by atoms with Gasteiger partial charge in [-0.25, -0.2) is 8.78 Å². The minimum absolute atomic E-state index is 0.211. The van der Waals surface area contributed by atoms with E-state index in [1.807, 2.05) is 0 Å². The predicted molar refractivity (Wildman–Crippen MR) is 83.6 cm³/mol. The second-order valence-corrected chi connectivity index (χ2v) is 5.80. The molecule has 0 N–H and O–H groups in total. The number of nitrogens with zero attached hydrogens (tertiary/aromatic N) is 2. The number of rotatable bonds is 2. The number of methoxy groups -OCH3 is 1. The molecule has 0 bridgehead atoms. The van der Waals surface area contributed by atoms with Crippen LogP contribution in [0.1, 0.15) is 10.4 Å². The number of benzene rings is 2. The number of thiazole rings is 1. The van der Waals surface area contributed by atoms with Crippen LogP contribution in [-0.2, 0) is 7.05 Å². The number of aryl methyl sites for hydroxylation is 1. The van der Waals surface area contributed by atoms with Gasteiger partial charge in [0.05, 0.1) is 22.9 Å². The highest BCUT2D eigenvalue weighted by Crippen LogP contribution is 2.22. The predicted octanol–water partition coefficient (Wildman–Crippen LogP) is 3.27. The van der Waals surface area contributed by atoms with E-state index in [4.69, 9.17) is 4.74 Å². The molecule has 2 aromatic carbocycles. The van der Waals surface area contributed by atoms with Crippen molar-refractivity contribution in [2.24, 2.45) is 12.0 Å². The van der Waals surface area contributed by atoms with Crippen molar-refractivity contribution in [3.63, 3.8) is 0 Å². The first-order valence-electron chi connectivity index (χ1n) is 6.68. The topological polar surface area (TPSA) is 43.6 Å². The van der Waals surface area contributed by atoms with Crippen LogP contribution in [0.4, 0.5) is 8.78 Å². The largest absolute Gasteiger partial charge is 0.496 e. The van der Waals surface area contributed by atoms with Crippen molar-refractivity contribution in [3.05, 3.63) is 58.4 Å². The molecule has 0 aliphatic carbocycles. The van der Waals surface area contributed by atoms with Gasteiger partial charge in [0.1, 0.15) is 11.6 Å². The van der Waals surface area contributed by atoms with Crippen LogP contribution in [0.15, 0.2) is 41.4 Å². The summed E-state index contributed by atoms with van der Waals surface area (Å²) in [7, 11) is 3.04. The number of hydrogen-bond donors (Lipinski definition) is 0. The molecule has 0 saturated heterocycles. The van der Waals surface area contributed by atoms with Crippen LogP contribution in [0.2, 0.25) is 0 Å². The van der Waals surface area contributed by atoms with E-state index >= 15 is 0 Å². The lowest BCUT2D eigenvalue weighted by Crippen LogP contribution is -2.14. The Hall–Kier alpha value is -2.54. The maximum Gasteiger partial charge on any atom is 0.283 e. The van der Waals surface area contributed by atoms with Crippen LogP contribution < -0.4 is 9.54 Å². The Balaban J connectivity index is 2.16. The lowest BCUT2D eigenvalue weighted by molar-refractivity contribution is 0.0995. The maximum absolute atomic E-state index is 13.9. The third-order valence-electron chi connectivity index (χ3n) is 3.35. The average molecular weight is 334 g/mol. The first-order valence-corrected chi connectivity index (χ1v) is 7.49. The number of ether oxygens (including phenoxy) is 1. The highest BCUT2D eigenvalue weighted by molar-refractivity contribution is 7.16. The molecule has 0 aliphatic rings. The number of carbonyl (C=O) groups excluding carboxylic acids is 1. The summed E-state index contributed by atoms with van der Waals surface area (Å²) in [5.41, 5.74) is 0.516. The molecule has 1 amide bonds. The van der Waals surface area contributed by atoms with Crippen LogP contribution in [0.25, 0.3) is 10.2 Å². The summed E-state index contributed by atoms with van der Waals surface area (Å²) < 4.78 is 34.2. The van der Waals surface area contributed by atoms with E-state index < -0.39 is 17.5 Å². The van der Waals surface area contributed by atoms with Crippen LogP contribution in [0, 0.1) is 11.6 Å². The van der Waals surface area contributed by atoms with Gasteiger partial charge in [0.25, 0.3) is 5.91 Å². The van der Waals surface area contributed by atoms with E-state index in [1.54, 1.807) is 31.3 Å². The van der Waals surface area contributed by atoms with E-state index in [-0.39, 0.29) is 10.3 Å². The fourth-order valence-corrected chi connectivity index (χ4v) is 3.33. The van der Waals surface area contributed by atoms with Crippen LogP contribution >= 0.6 is 11.3 Å². The highest BCUT2D eigenvalue weighted by atomic mass is 32.1. The van der Waals surface area contributed by atoms with Crippen molar-refractivity contribution in [3.8, 4) is 5.75 Å². The molecule has 3 rings (SSSR count). The van der Waals surface area contributed by atoms with Crippen LogP contribution in [-0.4, -0.2) is 17.6 Å². The van der Waals surface area contributed by atoms with Crippen LogP contribution in [0.5, 0.6) is 5.75 Å². The van der Waals surface area contributed by atoms with Gasteiger partial charge in [-0.15, -0.1) is 0 Å². The Morgan fingerprint density at radius 3 is 2.74 bits per heavy atom. The van der Waals surface area contributed by atoms with Crippen molar-refractivity contribution in [1.82, 2.24) is 4.57 Å². The fraction of sp³-hybridized carbons (Fsp3) is 0.125. The number of halogens is 2. The number of carbonyl (C=O) groups is 1. The summed E-state index contributed by atoms with van der Waals surface area (Å²) in [4.78, 5) is 16.7. The van der Waals surface area contributed by atoms with Crippen molar-refractivity contribution >= 4 is 27.5 Å². The van der Waals surface area contributed by atoms with Crippen molar-refractivity contribution in [2.45, 2.75) is 0 Å². The Kier molecular flexibility index (Phi) is 3.96. The number of amides is 1. The summed E-state index contributed by atoms with van der Waals surface area (Å²) in [6.07, 6.45) is 0. The van der Waals surface area contributed by atoms with Gasteiger partial charge >= 0.3 is 0 Å². The Labute approximate surface area is 134 Å². The Bertz CT molecular complexity index is 976. The molecular formula is C16H12F2N2O2S. The molecule has 7 heteroatoms. The smallest absolute Gasteiger partial charge is 0.283 e. The molecule has 1 heterocycles. The molecule has 1 aromatic heterocycles. The lowest BCUT2D eigenvalue weighted by Gasteiger charge is -2.03. The molecule has 0 fully saturated rings. The monoisotopic (exact) mass is 334 g/mol. The fourth-order valence-electron chi connectivity index (χ4n) is 2.27. The summed E-state index contributed by atoms with van der Waals surface area (Å²) in [6, 6.07) is 8.72. The Morgan fingerprint density at radius 2 is 2.00 bits per heavy atom. The zero-order valence-electron chi connectivity index (χ0n) is 12.3. The molecule has 0 unspecified atom stereocenters. The van der Waals surface area contributed by atoms with Gasteiger partial charge in [-0.2, -0.15) is 4.99 Å². The van der Waals surface area contributed by atoms with Crippen LogP contribution in [0.3, 0.4) is 0 Å². The van der Waals surface area contributed by atoms with Gasteiger partial charge < -0.3 is 9.30 Å². The summed E-state index contributed by atoms with van der Waals surface area (Å²) in [6.45, 7) is 0. The molecule has 3 aromatic rings. The molecule has 0 atom stereocenters. The number of para-hydroxylation sites is 1. The molecule has 118 valence electrons. The minimum atomic E-state index is -0.690. The zero-order chi connectivity index (χ0) is 16.6. The quantitative estimate of drug-likeness (QED) is 0.722. The average Bonchev–Trinajstić information content (AvgIpc) is 2.83. The van der Waals surface area contributed by atoms with E-state index in [0.717, 1.165) is 17.4 Å². The van der Waals surface area contributed by atoms with Crippen molar-refractivity contribution in [2.75, 3.05) is 7.11 Å². The second-order valence-electron chi connectivity index (χ2n) is 4.80. The number of fused-ring (bicyclic) bond motifs is 1. The van der Waals surface area contributed by atoms with Crippen molar-refractivity contribution in [1.29, 1.82) is 0 Å². The molecule has 23 heavy (non-hydrogen) atoms. The molecule has 0 spiro atoms. The third-order valence-corrected chi connectivity index (χ3v) is 4.43. The summed E-state index contributed by atoms with van der Waals surface area (Å²) in [5, 5.41) is 0. The number of aromatic nitrogens is 1. The maximum atomic E-state index is 13.9. The summed E-state index contributed by atoms with van der Waals surface area (Å²) in [5.74, 6) is -1.46. The third kappa shape index (κ3) is 2.75. The second kappa shape index (κ2) is 5.92. The molecule has 0 radical (unpaired) electrons. The van der Waals surface area contributed by atoms with Gasteiger partial charge in [0, 0.05) is 13.1 Å². The molecule has 0 aliphatic heterocycles. The van der Waals surface area contributed by atoms with Gasteiger partial charge in [0.2, 0.25) is 0 Å². The van der Waals surface area contributed by atoms with Gasteiger partial charge in [-0.3, -0.25) is 4.79 Å². The van der Waals surface area contributed by atoms with Gasteiger partial charge in [0.15, 0.2) is 10.6 Å². The normalized spacial score (nSPS) is 11.9. The van der Waals surface area contributed by atoms with Crippen molar-refractivity contribution < 1.29 is 18.3 Å². The molecular weight excluding hydrogens is 322 g/mol. The van der Waals surface area contributed by atoms with E-state index in [9.17, 15) is 13.6 Å². The van der Waals surface area contributed by atoms with E-state index in [2.05, 4.69) is 4.99 Å². The number of hydrogen-bond acceptors (Lipinski definition) is 3. The zero-order valence-corrected chi connectivity index (χ0v) is 13.2. The van der Waals surface area contributed by atoms with E-state index in [0.29, 0.717) is 16.0 Å². The standard InChI is InChI=1S/C16H12F2N2O2S/c1-20-14-11(18)7-9(17)8-13(14)23-16(20)19-15(21)10-5-3-4-6-12(10)22-2/h3-8H,1-2H3. The van der Waals surface area contributed by atoms with Gasteiger partial charge in [-0.1, -0.05) is 23.5 Å². The van der Waals surface area contributed by atoms with E-state index in [1.165, 1.54) is 17.7 Å². The molecule has 0 saturated carbocycles. The molecule has 4 nitrogen and oxygen atoms in total. The van der Waals surface area contributed by atoms with Gasteiger partial charge in [-0.05, 0) is 18.2 Å². The first-order chi connectivity index (χ1) is 11.0. The highest BCUT2D eigenvalue weighted by Gasteiger charge is 2.14. The summed E-state index contributed by atoms with van der Waals surface area (Å²) >= 11 is 1.04. The minimum Gasteiger partial charge on any atom is -0.496 e. The Morgan fingerprint density at radius 1 is 1.26 bits per heavy atom. The SMILES string of the molecule is COc1ccccc1C(=O)N=c1sc2cc(F)cc(F)c2n1C. The first kappa shape index (κ1) is 15.4. The lowest BCUT2D eigenvalue weighted by atomic mass is 10.2.